The molecule has 0 aliphatic carbocycles. The van der Waals surface area contributed by atoms with Gasteiger partial charge in [-0.2, -0.15) is 0 Å². The van der Waals surface area contributed by atoms with Crippen LogP contribution in [0.4, 0.5) is 0 Å². The molecular weight excluding hydrogens is 425 g/mol. The van der Waals surface area contributed by atoms with Crippen LogP contribution in [0.3, 0.4) is 0 Å². The summed E-state index contributed by atoms with van der Waals surface area (Å²) < 4.78 is 31.1. The van der Waals surface area contributed by atoms with E-state index in [-0.39, 0.29) is 12.1 Å². The molecule has 1 heterocycles. The van der Waals surface area contributed by atoms with E-state index in [2.05, 4.69) is 78.6 Å². The number of esters is 1. The highest BCUT2D eigenvalue weighted by atomic mass is 28.4. The molecule has 0 aromatic rings. The van der Waals surface area contributed by atoms with Crippen LogP contribution in [0.1, 0.15) is 0 Å². The number of carbonyl (C=O) groups is 1. The summed E-state index contributed by atoms with van der Waals surface area (Å²) in [6, 6.07) is 0. The minimum atomic E-state index is -1.96. The molecule has 0 spiro atoms. The molecule has 4 atom stereocenters. The van der Waals surface area contributed by atoms with Gasteiger partial charge in [-0.15, -0.1) is 0 Å². The Morgan fingerprint density at radius 2 is 1.29 bits per heavy atom. The Balaban J connectivity index is 3.20. The van der Waals surface area contributed by atoms with Crippen LogP contribution in [0.2, 0.25) is 78.6 Å². The zero-order valence-electron chi connectivity index (χ0n) is 20.0. The fraction of sp³-hybridized carbons (Fsp3) is 0.944. The maximum Gasteiger partial charge on any atom is 0.337 e. The fourth-order valence-electron chi connectivity index (χ4n) is 2.88. The number of carbonyl (C=O) groups excluding carboxylic acids is 1. The van der Waals surface area contributed by atoms with Crippen molar-refractivity contribution in [2.75, 3.05) is 6.61 Å². The molecule has 10 heteroatoms. The van der Waals surface area contributed by atoms with E-state index in [0.717, 1.165) is 0 Å². The lowest BCUT2D eigenvalue weighted by molar-refractivity contribution is -0.150. The predicted octanol–water partition coefficient (Wildman–Crippen LogP) is 4.42. The van der Waals surface area contributed by atoms with Crippen molar-refractivity contribution in [1.29, 1.82) is 0 Å². The van der Waals surface area contributed by atoms with E-state index in [1.54, 1.807) is 0 Å². The van der Waals surface area contributed by atoms with Crippen LogP contribution in [0.15, 0.2) is 0 Å². The van der Waals surface area contributed by atoms with Crippen LogP contribution in [0.5, 0.6) is 0 Å². The first-order chi connectivity index (χ1) is 12.3. The van der Waals surface area contributed by atoms with Crippen LogP contribution < -0.4 is 0 Å². The van der Waals surface area contributed by atoms with Crippen molar-refractivity contribution >= 4 is 39.2 Å². The fourth-order valence-corrected chi connectivity index (χ4v) is 6.72. The molecule has 1 aliphatic heterocycles. The highest BCUT2D eigenvalue weighted by Crippen LogP contribution is 2.31. The van der Waals surface area contributed by atoms with Gasteiger partial charge < -0.3 is 22.4 Å². The van der Waals surface area contributed by atoms with E-state index in [1.165, 1.54) is 0 Å². The largest absolute Gasteiger partial charge is 0.455 e. The van der Waals surface area contributed by atoms with Crippen LogP contribution in [-0.4, -0.2) is 70.3 Å². The van der Waals surface area contributed by atoms with E-state index >= 15 is 0 Å². The predicted molar refractivity (Wildman–Crippen MR) is 124 cm³/mol. The van der Waals surface area contributed by atoms with Crippen molar-refractivity contribution in [1.82, 2.24) is 0 Å². The molecule has 1 fully saturated rings. The highest BCUT2D eigenvalue weighted by molar-refractivity contribution is 6.71. The van der Waals surface area contributed by atoms with Gasteiger partial charge in [-0.3, -0.25) is 0 Å². The van der Waals surface area contributed by atoms with Gasteiger partial charge >= 0.3 is 5.97 Å². The number of cyclic esters (lactones) is 1. The molecule has 166 valence electrons. The monoisotopic (exact) mass is 466 g/mol. The van der Waals surface area contributed by atoms with Gasteiger partial charge in [0.1, 0.15) is 12.2 Å². The average Bonchev–Trinajstić information content (AvgIpc) is 2.66. The van der Waals surface area contributed by atoms with Gasteiger partial charge in [0.05, 0.1) is 6.61 Å². The molecule has 1 rings (SSSR count). The molecule has 0 radical (unpaired) electrons. The Morgan fingerprint density at radius 3 is 1.68 bits per heavy atom. The van der Waals surface area contributed by atoms with Crippen molar-refractivity contribution in [3.05, 3.63) is 0 Å². The molecule has 0 bridgehead atoms. The Kier molecular flexibility index (Phi) is 8.54. The molecule has 0 saturated carbocycles. The minimum absolute atomic E-state index is 0.340. The van der Waals surface area contributed by atoms with Crippen molar-refractivity contribution in [3.63, 3.8) is 0 Å². The average molecular weight is 467 g/mol. The lowest BCUT2D eigenvalue weighted by Gasteiger charge is -2.36. The van der Waals surface area contributed by atoms with Gasteiger partial charge in [0, 0.05) is 0 Å². The van der Waals surface area contributed by atoms with Gasteiger partial charge in [0.2, 0.25) is 0 Å². The molecule has 0 unspecified atom stereocenters. The van der Waals surface area contributed by atoms with Gasteiger partial charge in [-0.05, 0) is 78.6 Å². The van der Waals surface area contributed by atoms with Gasteiger partial charge in [-0.1, -0.05) is 0 Å². The smallest absolute Gasteiger partial charge is 0.337 e. The first kappa shape index (κ1) is 26.2. The molecular formula is C18H42O6Si4. The zero-order valence-corrected chi connectivity index (χ0v) is 24.0. The van der Waals surface area contributed by atoms with E-state index in [9.17, 15) is 4.79 Å². The van der Waals surface area contributed by atoms with Gasteiger partial charge in [0.15, 0.2) is 45.5 Å². The van der Waals surface area contributed by atoms with Gasteiger partial charge in [-0.25, -0.2) is 4.79 Å². The molecule has 6 nitrogen and oxygen atoms in total. The number of hydrogen-bond acceptors (Lipinski definition) is 6. The van der Waals surface area contributed by atoms with E-state index in [4.69, 9.17) is 22.4 Å². The normalized spacial score (nSPS) is 25.7. The summed E-state index contributed by atoms with van der Waals surface area (Å²) in [5.74, 6) is -0.340. The Hall–Kier alpha value is 0.178. The zero-order chi connectivity index (χ0) is 22.1. The van der Waals surface area contributed by atoms with Gasteiger partial charge in [0.25, 0.3) is 0 Å². The summed E-state index contributed by atoms with van der Waals surface area (Å²) in [5.41, 5.74) is 0. The summed E-state index contributed by atoms with van der Waals surface area (Å²) in [6.07, 6.45) is -2.01. The lowest BCUT2D eigenvalue weighted by atomic mass is 10.1. The Bertz CT molecular complexity index is 530. The van der Waals surface area contributed by atoms with Crippen LogP contribution in [0, 0.1) is 0 Å². The minimum Gasteiger partial charge on any atom is -0.455 e. The second-order valence-electron chi connectivity index (χ2n) is 11.4. The summed E-state index contributed by atoms with van der Waals surface area (Å²) in [5, 5.41) is 0. The number of rotatable bonds is 10. The number of ether oxygens (including phenoxy) is 1. The van der Waals surface area contributed by atoms with Crippen LogP contribution in [-0.2, 0) is 27.2 Å². The second-order valence-corrected chi connectivity index (χ2v) is 29.3. The summed E-state index contributed by atoms with van der Waals surface area (Å²) in [7, 11) is -7.56. The third-order valence-corrected chi connectivity index (χ3v) is 7.61. The van der Waals surface area contributed by atoms with E-state index in [0.29, 0.717) is 6.61 Å². The van der Waals surface area contributed by atoms with E-state index in [1.807, 2.05) is 0 Å². The first-order valence-electron chi connectivity index (χ1n) is 10.2. The standard InChI is InChI=1S/C18H42O6Si4/c1-25(2,3)20-13-14(22-26(4,5)6)15-16(23-27(7,8)9)17(18(19)21-15)24-28(10,11)12/h14-17H,13H2,1-12H3/t14-,15+,16-,17+/m1/s1. The summed E-state index contributed by atoms with van der Waals surface area (Å²) >= 11 is 0. The Labute approximate surface area is 176 Å². The second kappa shape index (κ2) is 9.12. The van der Waals surface area contributed by atoms with Crippen molar-refractivity contribution in [2.45, 2.75) is 103 Å². The molecule has 0 aromatic carbocycles. The SMILES string of the molecule is C[Si](C)(C)OC[C@@H](O[Si](C)(C)C)[C@@H]1OC(=O)[C@@H](O[Si](C)(C)C)[C@@H]1O[Si](C)(C)C. The molecule has 28 heavy (non-hydrogen) atoms. The van der Waals surface area contributed by atoms with Crippen molar-refractivity contribution in [2.24, 2.45) is 0 Å². The van der Waals surface area contributed by atoms with Crippen LogP contribution >= 0.6 is 0 Å². The Morgan fingerprint density at radius 1 is 0.786 bits per heavy atom. The molecule has 1 aliphatic rings. The molecule has 0 aromatic heterocycles. The molecule has 0 N–H and O–H groups in total. The first-order valence-corrected chi connectivity index (χ1v) is 23.8. The third kappa shape index (κ3) is 9.79. The maximum absolute atomic E-state index is 12.8. The maximum atomic E-state index is 12.8. The molecule has 1 saturated heterocycles. The van der Waals surface area contributed by atoms with Crippen molar-refractivity contribution < 1.29 is 27.2 Å². The molecule has 0 amide bonds. The quantitative estimate of drug-likeness (QED) is 0.351. The van der Waals surface area contributed by atoms with Crippen molar-refractivity contribution in [3.8, 4) is 0 Å². The third-order valence-electron chi connectivity index (χ3n) is 3.63. The summed E-state index contributed by atoms with van der Waals surface area (Å²) in [6.45, 7) is 25.8. The summed E-state index contributed by atoms with van der Waals surface area (Å²) in [4.78, 5) is 12.8. The number of hydrogen-bond donors (Lipinski definition) is 0. The topological polar surface area (TPSA) is 63.2 Å². The van der Waals surface area contributed by atoms with Crippen LogP contribution in [0.25, 0.3) is 0 Å². The highest BCUT2D eigenvalue weighted by Gasteiger charge is 2.53. The lowest BCUT2D eigenvalue weighted by Crippen LogP contribution is -2.53. The van der Waals surface area contributed by atoms with E-state index < -0.39 is 51.6 Å².